The number of nitro groups is 1. The molecule has 0 aliphatic rings. The average molecular weight is 606 g/mol. The Morgan fingerprint density at radius 2 is 1.61 bits per heavy atom. The quantitative estimate of drug-likeness (QED) is 0.0644. The largest absolute Gasteiger partial charge is 0.321 e. The highest BCUT2D eigenvalue weighted by Gasteiger charge is 2.16. The molecule has 0 atom stereocenters. The first-order valence-electron chi connectivity index (χ1n) is 12.0. The summed E-state index contributed by atoms with van der Waals surface area (Å²) in [5.74, 6) is -1.18. The zero-order valence-corrected chi connectivity index (χ0v) is 23.5. The molecule has 4 rings (SSSR count). The fourth-order valence-corrected chi connectivity index (χ4v) is 4.96. The van der Waals surface area contributed by atoms with Crippen LogP contribution in [0.5, 0.6) is 0 Å². The van der Waals surface area contributed by atoms with E-state index >= 15 is 0 Å². The van der Waals surface area contributed by atoms with Crippen molar-refractivity contribution in [2.24, 2.45) is 0 Å². The van der Waals surface area contributed by atoms with E-state index in [1.165, 1.54) is 48.2 Å². The van der Waals surface area contributed by atoms with Crippen molar-refractivity contribution in [2.45, 2.75) is 4.90 Å². The van der Waals surface area contributed by atoms with Crippen LogP contribution >= 0.6 is 35.0 Å². The number of thioether (sulfide) groups is 1. The van der Waals surface area contributed by atoms with Gasteiger partial charge in [-0.05, 0) is 72.3 Å². The molecule has 0 spiro atoms. The lowest BCUT2D eigenvalue weighted by atomic mass is 10.1. The molecule has 0 unspecified atom stereocenters. The molecule has 0 bridgehead atoms. The van der Waals surface area contributed by atoms with Gasteiger partial charge in [-0.2, -0.15) is 0 Å². The van der Waals surface area contributed by atoms with Crippen LogP contribution in [0.15, 0.2) is 108 Å². The number of nitrogens with one attached hydrogen (secondary N) is 2. The van der Waals surface area contributed by atoms with E-state index in [0.717, 1.165) is 4.90 Å². The van der Waals surface area contributed by atoms with Crippen LogP contribution in [0.1, 0.15) is 26.3 Å². The monoisotopic (exact) mass is 605 g/mol. The molecule has 4 aromatic rings. The predicted molar refractivity (Wildman–Crippen MR) is 162 cm³/mol. The van der Waals surface area contributed by atoms with Crippen molar-refractivity contribution < 1.29 is 19.3 Å². The maximum atomic E-state index is 13.3. The summed E-state index contributed by atoms with van der Waals surface area (Å²) in [7, 11) is 0. The van der Waals surface area contributed by atoms with Crippen molar-refractivity contribution in [1.82, 2.24) is 5.32 Å². The summed E-state index contributed by atoms with van der Waals surface area (Å²) in [5, 5.41) is 17.1. The number of nitro benzene ring substituents is 1. The van der Waals surface area contributed by atoms with Crippen LogP contribution < -0.4 is 10.6 Å². The minimum absolute atomic E-state index is 0.0710. The number of benzene rings is 4. The second-order valence-corrected chi connectivity index (χ2v) is 10.4. The standard InChI is InChI=1S/C30H21Cl2N3O5S/c31-21-11-14-25(26(32)16-21)28(36)18-41-24-8-4-7-22(17-24)33-30(38)27(34-29(37)20-5-2-1-3-6-20)15-19-9-12-23(13-10-19)35(39)40/h1-17H,18H2,(H,33,38)(H,34,37)/b27-15-. The predicted octanol–water partition coefficient (Wildman–Crippen LogP) is 7.29. The number of hydrogen-bond acceptors (Lipinski definition) is 6. The summed E-state index contributed by atoms with van der Waals surface area (Å²) in [5.41, 5.74) is 1.44. The first-order valence-corrected chi connectivity index (χ1v) is 13.8. The molecule has 8 nitrogen and oxygen atoms in total. The molecule has 11 heteroatoms. The average Bonchev–Trinajstić information content (AvgIpc) is 2.96. The van der Waals surface area contributed by atoms with Crippen LogP contribution in [0.3, 0.4) is 0 Å². The summed E-state index contributed by atoms with van der Waals surface area (Å²) in [6, 6.07) is 25.5. The SMILES string of the molecule is O=C(Nc1cccc(SCC(=O)c2ccc(Cl)cc2Cl)c1)/C(=C/c1ccc([N+](=O)[O-])cc1)NC(=O)c1ccccc1. The van der Waals surface area contributed by atoms with Crippen LogP contribution in [0.25, 0.3) is 6.08 Å². The number of nitrogens with zero attached hydrogens (tertiary/aromatic N) is 1. The van der Waals surface area contributed by atoms with E-state index in [4.69, 9.17) is 23.2 Å². The molecule has 0 aliphatic heterocycles. The lowest BCUT2D eigenvalue weighted by molar-refractivity contribution is -0.384. The zero-order valence-electron chi connectivity index (χ0n) is 21.2. The van der Waals surface area contributed by atoms with Gasteiger partial charge in [0.1, 0.15) is 5.70 Å². The van der Waals surface area contributed by atoms with Gasteiger partial charge in [-0.3, -0.25) is 24.5 Å². The van der Waals surface area contributed by atoms with Crippen LogP contribution in [-0.4, -0.2) is 28.3 Å². The van der Waals surface area contributed by atoms with E-state index in [2.05, 4.69) is 10.6 Å². The minimum Gasteiger partial charge on any atom is -0.321 e. The van der Waals surface area contributed by atoms with Crippen molar-refractivity contribution in [3.05, 3.63) is 140 Å². The summed E-state index contributed by atoms with van der Waals surface area (Å²) in [6.07, 6.45) is 1.42. The fraction of sp³-hybridized carbons (Fsp3) is 0.0333. The highest BCUT2D eigenvalue weighted by molar-refractivity contribution is 8.00. The van der Waals surface area contributed by atoms with E-state index in [1.54, 1.807) is 66.7 Å². The Hall–Kier alpha value is -4.44. The first-order chi connectivity index (χ1) is 19.7. The Morgan fingerprint density at radius 3 is 2.29 bits per heavy atom. The Bertz CT molecular complexity index is 1640. The summed E-state index contributed by atoms with van der Waals surface area (Å²) in [6.45, 7) is 0. The number of halogens is 2. The molecule has 0 fully saturated rings. The van der Waals surface area contributed by atoms with Gasteiger partial charge in [0.25, 0.3) is 17.5 Å². The molecule has 2 amide bonds. The summed E-state index contributed by atoms with van der Waals surface area (Å²) < 4.78 is 0. The second-order valence-electron chi connectivity index (χ2n) is 8.54. The van der Waals surface area contributed by atoms with Crippen molar-refractivity contribution in [1.29, 1.82) is 0 Å². The molecule has 0 saturated carbocycles. The van der Waals surface area contributed by atoms with Gasteiger partial charge in [0, 0.05) is 38.9 Å². The van der Waals surface area contributed by atoms with Gasteiger partial charge in [0.05, 0.1) is 15.7 Å². The molecule has 2 N–H and O–H groups in total. The van der Waals surface area contributed by atoms with Gasteiger partial charge in [-0.25, -0.2) is 0 Å². The molecular formula is C30H21Cl2N3O5S. The fourth-order valence-electron chi connectivity index (χ4n) is 3.61. The Balaban J connectivity index is 1.51. The number of carbonyl (C=O) groups excluding carboxylic acids is 3. The van der Waals surface area contributed by atoms with Crippen molar-refractivity contribution in [2.75, 3.05) is 11.1 Å². The third-order valence-electron chi connectivity index (χ3n) is 5.64. The van der Waals surface area contributed by atoms with Gasteiger partial charge in [-0.15, -0.1) is 11.8 Å². The van der Waals surface area contributed by atoms with Crippen LogP contribution in [0.4, 0.5) is 11.4 Å². The summed E-state index contributed by atoms with van der Waals surface area (Å²) in [4.78, 5) is 50.0. The third kappa shape index (κ3) is 8.28. The van der Waals surface area contributed by atoms with Crippen molar-refractivity contribution >= 4 is 70.0 Å². The number of anilines is 1. The van der Waals surface area contributed by atoms with Gasteiger partial charge in [0.2, 0.25) is 0 Å². The highest BCUT2D eigenvalue weighted by Crippen LogP contribution is 2.26. The van der Waals surface area contributed by atoms with E-state index < -0.39 is 16.7 Å². The van der Waals surface area contributed by atoms with Gasteiger partial charge >= 0.3 is 0 Å². The molecule has 0 saturated heterocycles. The van der Waals surface area contributed by atoms with Gasteiger partial charge in [0.15, 0.2) is 5.78 Å². The molecule has 4 aromatic carbocycles. The number of carbonyl (C=O) groups is 3. The van der Waals surface area contributed by atoms with E-state index in [0.29, 0.717) is 27.4 Å². The van der Waals surface area contributed by atoms with Crippen LogP contribution in [-0.2, 0) is 4.79 Å². The second kappa shape index (κ2) is 13.8. The molecule has 0 heterocycles. The Kier molecular flexibility index (Phi) is 9.91. The van der Waals surface area contributed by atoms with Crippen molar-refractivity contribution in [3.63, 3.8) is 0 Å². The molecule has 0 aliphatic carbocycles. The third-order valence-corrected chi connectivity index (χ3v) is 7.18. The number of non-ortho nitro benzene ring substituents is 1. The molecule has 0 aromatic heterocycles. The molecule has 41 heavy (non-hydrogen) atoms. The lowest BCUT2D eigenvalue weighted by Crippen LogP contribution is -2.30. The lowest BCUT2D eigenvalue weighted by Gasteiger charge is -2.12. The minimum atomic E-state index is -0.612. The molecule has 206 valence electrons. The highest BCUT2D eigenvalue weighted by atomic mass is 35.5. The van der Waals surface area contributed by atoms with E-state index in [9.17, 15) is 24.5 Å². The molecule has 0 radical (unpaired) electrons. The Labute approximate surface area is 249 Å². The maximum Gasteiger partial charge on any atom is 0.272 e. The maximum absolute atomic E-state index is 13.3. The first kappa shape index (κ1) is 29.5. The van der Waals surface area contributed by atoms with Gasteiger partial charge in [-0.1, -0.05) is 47.5 Å². The number of amides is 2. The molecular weight excluding hydrogens is 585 g/mol. The Morgan fingerprint density at radius 1 is 0.878 bits per heavy atom. The van der Waals surface area contributed by atoms with Crippen LogP contribution in [0.2, 0.25) is 10.0 Å². The topological polar surface area (TPSA) is 118 Å². The number of rotatable bonds is 10. The smallest absolute Gasteiger partial charge is 0.272 e. The van der Waals surface area contributed by atoms with E-state index in [-0.39, 0.29) is 27.9 Å². The van der Waals surface area contributed by atoms with Gasteiger partial charge < -0.3 is 10.6 Å². The van der Waals surface area contributed by atoms with Crippen molar-refractivity contribution in [3.8, 4) is 0 Å². The number of hydrogen-bond donors (Lipinski definition) is 2. The van der Waals surface area contributed by atoms with E-state index in [1.807, 2.05) is 0 Å². The zero-order chi connectivity index (χ0) is 29.4. The normalized spacial score (nSPS) is 11.0. The number of Topliss-reactive ketones (excluding diaryl/α,β-unsaturated/α-hetero) is 1. The van der Waals surface area contributed by atoms with Crippen LogP contribution in [0, 0.1) is 10.1 Å². The number of ketones is 1. The summed E-state index contributed by atoms with van der Waals surface area (Å²) >= 11 is 13.3.